The molecule has 1 heterocycles. The molecule has 0 aliphatic heterocycles. The van der Waals surface area contributed by atoms with Crippen LogP contribution in [0.1, 0.15) is 36.2 Å². The molecular formula is C17H20N4O2. The molecule has 1 amide bonds. The van der Waals surface area contributed by atoms with E-state index >= 15 is 0 Å². The monoisotopic (exact) mass is 312 g/mol. The van der Waals surface area contributed by atoms with Gasteiger partial charge in [0.2, 0.25) is 0 Å². The van der Waals surface area contributed by atoms with Crippen molar-refractivity contribution in [3.63, 3.8) is 0 Å². The quantitative estimate of drug-likeness (QED) is 0.887. The van der Waals surface area contributed by atoms with Crippen molar-refractivity contribution < 1.29 is 9.53 Å². The summed E-state index contributed by atoms with van der Waals surface area (Å²) in [4.78, 5) is 20.7. The maximum atomic E-state index is 12.2. The molecule has 0 atom stereocenters. The number of carbonyl (C=O) groups is 1. The summed E-state index contributed by atoms with van der Waals surface area (Å²) in [5, 5.41) is 6.13. The fourth-order valence-corrected chi connectivity index (χ4v) is 2.73. The van der Waals surface area contributed by atoms with Crippen molar-refractivity contribution in [2.75, 3.05) is 17.7 Å². The summed E-state index contributed by atoms with van der Waals surface area (Å²) in [5.41, 5.74) is 0.878. The lowest BCUT2D eigenvalue weighted by Gasteiger charge is -2.12. The van der Waals surface area contributed by atoms with Crippen LogP contribution in [0, 0.1) is 0 Å². The smallest absolute Gasteiger partial charge is 0.275 e. The zero-order valence-corrected chi connectivity index (χ0v) is 13.1. The van der Waals surface area contributed by atoms with Crippen molar-refractivity contribution >= 4 is 17.4 Å². The Labute approximate surface area is 135 Å². The minimum atomic E-state index is -0.311. The second kappa shape index (κ2) is 7.09. The van der Waals surface area contributed by atoms with Crippen molar-refractivity contribution in [1.29, 1.82) is 0 Å². The number of benzene rings is 1. The molecule has 1 aromatic heterocycles. The molecule has 6 nitrogen and oxygen atoms in total. The summed E-state index contributed by atoms with van der Waals surface area (Å²) in [6.45, 7) is 0. The molecule has 1 fully saturated rings. The van der Waals surface area contributed by atoms with Crippen LogP contribution in [0.4, 0.5) is 11.5 Å². The molecule has 23 heavy (non-hydrogen) atoms. The summed E-state index contributed by atoms with van der Waals surface area (Å²) in [6.07, 6.45) is 7.93. The third kappa shape index (κ3) is 3.77. The van der Waals surface area contributed by atoms with Crippen LogP contribution < -0.4 is 15.4 Å². The maximum Gasteiger partial charge on any atom is 0.275 e. The average Bonchev–Trinajstić information content (AvgIpc) is 3.09. The molecule has 3 rings (SSSR count). The molecule has 0 saturated heterocycles. The molecule has 0 unspecified atom stereocenters. The number of para-hydroxylation sites is 2. The van der Waals surface area contributed by atoms with E-state index in [2.05, 4.69) is 20.6 Å². The highest BCUT2D eigenvalue weighted by molar-refractivity contribution is 6.03. The van der Waals surface area contributed by atoms with Gasteiger partial charge < -0.3 is 15.4 Å². The van der Waals surface area contributed by atoms with Gasteiger partial charge in [0.15, 0.2) is 0 Å². The van der Waals surface area contributed by atoms with Crippen LogP contribution in [0.25, 0.3) is 0 Å². The Balaban J connectivity index is 1.65. The molecular weight excluding hydrogens is 292 g/mol. The number of methoxy groups -OCH3 is 1. The lowest BCUT2D eigenvalue weighted by molar-refractivity contribution is 0.102. The van der Waals surface area contributed by atoms with Gasteiger partial charge in [0.05, 0.1) is 25.2 Å². The first-order valence-electron chi connectivity index (χ1n) is 7.79. The predicted molar refractivity (Wildman–Crippen MR) is 88.9 cm³/mol. The lowest BCUT2D eigenvalue weighted by Crippen LogP contribution is -2.18. The van der Waals surface area contributed by atoms with E-state index < -0.39 is 0 Å². The molecule has 1 aliphatic carbocycles. The van der Waals surface area contributed by atoms with Gasteiger partial charge in [-0.15, -0.1) is 0 Å². The molecule has 2 N–H and O–H groups in total. The van der Waals surface area contributed by atoms with Gasteiger partial charge in [-0.2, -0.15) is 0 Å². The van der Waals surface area contributed by atoms with Gasteiger partial charge in [-0.05, 0) is 25.0 Å². The van der Waals surface area contributed by atoms with Gasteiger partial charge in [0.1, 0.15) is 17.3 Å². The Bertz CT molecular complexity index is 667. The predicted octanol–water partition coefficient (Wildman–Crippen LogP) is 3.09. The Morgan fingerprint density at radius 2 is 1.96 bits per heavy atom. The Morgan fingerprint density at radius 3 is 2.65 bits per heavy atom. The van der Waals surface area contributed by atoms with Crippen LogP contribution in [0.3, 0.4) is 0 Å². The zero-order valence-electron chi connectivity index (χ0n) is 13.1. The van der Waals surface area contributed by atoms with E-state index in [4.69, 9.17) is 4.74 Å². The minimum Gasteiger partial charge on any atom is -0.495 e. The summed E-state index contributed by atoms with van der Waals surface area (Å²) in [5.74, 6) is 1.01. The first-order valence-corrected chi connectivity index (χ1v) is 7.79. The molecule has 0 radical (unpaired) electrons. The largest absolute Gasteiger partial charge is 0.495 e. The molecule has 6 heteroatoms. The van der Waals surface area contributed by atoms with Gasteiger partial charge in [-0.1, -0.05) is 25.0 Å². The van der Waals surface area contributed by atoms with Crippen molar-refractivity contribution in [1.82, 2.24) is 9.97 Å². The fraction of sp³-hybridized carbons (Fsp3) is 0.353. The van der Waals surface area contributed by atoms with E-state index in [1.807, 2.05) is 12.1 Å². The van der Waals surface area contributed by atoms with Crippen molar-refractivity contribution in [2.24, 2.45) is 0 Å². The minimum absolute atomic E-state index is 0.271. The molecule has 1 aromatic carbocycles. The lowest BCUT2D eigenvalue weighted by atomic mass is 10.2. The Hall–Kier alpha value is -2.63. The van der Waals surface area contributed by atoms with E-state index in [-0.39, 0.29) is 11.6 Å². The van der Waals surface area contributed by atoms with Crippen molar-refractivity contribution in [3.8, 4) is 5.75 Å². The van der Waals surface area contributed by atoms with E-state index in [0.717, 1.165) is 12.8 Å². The highest BCUT2D eigenvalue weighted by atomic mass is 16.5. The van der Waals surface area contributed by atoms with E-state index in [1.54, 1.807) is 25.4 Å². The normalized spacial score (nSPS) is 14.5. The highest BCUT2D eigenvalue weighted by Gasteiger charge is 2.16. The maximum absolute atomic E-state index is 12.2. The van der Waals surface area contributed by atoms with Crippen molar-refractivity contribution in [3.05, 3.63) is 42.4 Å². The second-order valence-electron chi connectivity index (χ2n) is 5.57. The summed E-state index contributed by atoms with van der Waals surface area (Å²) >= 11 is 0. The van der Waals surface area contributed by atoms with Gasteiger partial charge in [0.25, 0.3) is 5.91 Å². The fourth-order valence-electron chi connectivity index (χ4n) is 2.73. The molecule has 1 aliphatic rings. The van der Waals surface area contributed by atoms with Gasteiger partial charge >= 0.3 is 0 Å². The summed E-state index contributed by atoms with van der Waals surface area (Å²) in [6, 6.07) is 7.71. The van der Waals surface area contributed by atoms with Crippen LogP contribution in [0.15, 0.2) is 36.7 Å². The Morgan fingerprint density at radius 1 is 1.17 bits per heavy atom. The van der Waals surface area contributed by atoms with Gasteiger partial charge in [-0.25, -0.2) is 9.97 Å². The molecule has 1 saturated carbocycles. The average molecular weight is 312 g/mol. The number of nitrogens with one attached hydrogen (secondary N) is 2. The number of ether oxygens (including phenoxy) is 1. The first kappa shape index (κ1) is 15.3. The van der Waals surface area contributed by atoms with E-state index in [1.165, 1.54) is 19.0 Å². The van der Waals surface area contributed by atoms with Crippen LogP contribution >= 0.6 is 0 Å². The molecule has 0 bridgehead atoms. The molecule has 2 aromatic rings. The summed E-state index contributed by atoms with van der Waals surface area (Å²) < 4.78 is 5.21. The van der Waals surface area contributed by atoms with Crippen LogP contribution in [0.5, 0.6) is 5.75 Å². The zero-order chi connectivity index (χ0) is 16.1. The number of anilines is 2. The van der Waals surface area contributed by atoms with Crippen LogP contribution in [-0.4, -0.2) is 29.0 Å². The number of rotatable bonds is 5. The van der Waals surface area contributed by atoms with Crippen LogP contribution in [0.2, 0.25) is 0 Å². The van der Waals surface area contributed by atoms with E-state index in [9.17, 15) is 4.79 Å². The SMILES string of the molecule is COc1ccccc1NC(=O)c1cnc(NC2CCCC2)cn1. The highest BCUT2D eigenvalue weighted by Crippen LogP contribution is 2.24. The number of carbonyl (C=O) groups excluding carboxylic acids is 1. The third-order valence-corrected chi connectivity index (χ3v) is 3.95. The van der Waals surface area contributed by atoms with E-state index in [0.29, 0.717) is 23.3 Å². The Kier molecular flexibility index (Phi) is 4.71. The number of aromatic nitrogens is 2. The number of nitrogens with zero attached hydrogens (tertiary/aromatic N) is 2. The first-order chi connectivity index (χ1) is 11.3. The third-order valence-electron chi connectivity index (χ3n) is 3.95. The molecule has 0 spiro atoms. The van der Waals surface area contributed by atoms with Crippen LogP contribution in [-0.2, 0) is 0 Å². The topological polar surface area (TPSA) is 76.1 Å². The standard InChI is InChI=1S/C17H20N4O2/c1-23-15-9-5-4-8-13(15)21-17(22)14-10-19-16(11-18-14)20-12-6-2-3-7-12/h4-5,8-12H,2-3,6-7H2,1H3,(H,19,20)(H,21,22). The number of hydrogen-bond acceptors (Lipinski definition) is 5. The van der Waals surface area contributed by atoms with Gasteiger partial charge in [-0.3, -0.25) is 4.79 Å². The summed E-state index contributed by atoms with van der Waals surface area (Å²) in [7, 11) is 1.56. The number of amides is 1. The van der Waals surface area contributed by atoms with Gasteiger partial charge in [0, 0.05) is 6.04 Å². The van der Waals surface area contributed by atoms with Crippen molar-refractivity contribution in [2.45, 2.75) is 31.7 Å². The number of hydrogen-bond donors (Lipinski definition) is 2. The molecule has 120 valence electrons. The second-order valence-corrected chi connectivity index (χ2v) is 5.57.